The molecule has 122 valence electrons. The number of ketones is 1. The van der Waals surface area contributed by atoms with Crippen LogP contribution >= 0.6 is 0 Å². The third-order valence-electron chi connectivity index (χ3n) is 3.76. The van der Waals surface area contributed by atoms with Gasteiger partial charge in [-0.1, -0.05) is 36.4 Å². The summed E-state index contributed by atoms with van der Waals surface area (Å²) in [4.78, 5) is 27.3. The highest BCUT2D eigenvalue weighted by molar-refractivity contribution is 6.12. The van der Waals surface area contributed by atoms with Gasteiger partial charge in [0.25, 0.3) is 5.56 Å². The van der Waals surface area contributed by atoms with E-state index in [0.29, 0.717) is 5.56 Å². The molecular weight excluding hydrogens is 310 g/mol. The number of ether oxygens (including phenoxy) is 2. The number of aromatic hydroxyl groups is 1. The molecule has 0 spiro atoms. The lowest BCUT2D eigenvalue weighted by Crippen LogP contribution is -2.20. The first-order valence-electron chi connectivity index (χ1n) is 7.17. The van der Waals surface area contributed by atoms with Crippen molar-refractivity contribution in [3.8, 4) is 17.4 Å². The number of fused-ring (bicyclic) bond motifs is 1. The smallest absolute Gasteiger partial charge is 0.266 e. The fourth-order valence-electron chi connectivity index (χ4n) is 2.57. The van der Waals surface area contributed by atoms with Gasteiger partial charge in [0.2, 0.25) is 17.4 Å². The summed E-state index contributed by atoms with van der Waals surface area (Å²) in [6.07, 6.45) is 0. The second-order valence-electron chi connectivity index (χ2n) is 5.14. The number of rotatable bonds is 4. The molecule has 0 radical (unpaired) electrons. The van der Waals surface area contributed by atoms with E-state index in [-0.39, 0.29) is 17.2 Å². The molecule has 0 fully saturated rings. The van der Waals surface area contributed by atoms with Crippen molar-refractivity contribution in [3.05, 3.63) is 63.9 Å². The van der Waals surface area contributed by atoms with Gasteiger partial charge in [-0.25, -0.2) is 0 Å². The molecule has 0 aliphatic rings. The van der Waals surface area contributed by atoms with E-state index in [0.717, 1.165) is 10.8 Å². The molecule has 0 unspecified atom stereocenters. The summed E-state index contributed by atoms with van der Waals surface area (Å²) in [5.41, 5.74) is -0.840. The lowest BCUT2D eigenvalue weighted by Gasteiger charge is -2.11. The first-order valence-corrected chi connectivity index (χ1v) is 7.17. The van der Waals surface area contributed by atoms with Crippen molar-refractivity contribution in [1.29, 1.82) is 0 Å². The highest BCUT2D eigenvalue weighted by Gasteiger charge is 2.25. The normalized spacial score (nSPS) is 10.6. The molecule has 0 aliphatic heterocycles. The minimum absolute atomic E-state index is 0.0462. The van der Waals surface area contributed by atoms with Gasteiger partial charge in [-0.05, 0) is 16.8 Å². The quantitative estimate of drug-likeness (QED) is 0.719. The molecule has 2 aromatic carbocycles. The Bertz CT molecular complexity index is 990. The molecular formula is C18H15NO5. The van der Waals surface area contributed by atoms with Crippen molar-refractivity contribution >= 4 is 16.6 Å². The third-order valence-corrected chi connectivity index (χ3v) is 3.76. The number of carbonyl (C=O) groups is 1. The molecule has 1 aromatic heterocycles. The maximum atomic E-state index is 12.7. The first-order chi connectivity index (χ1) is 11.6. The Labute approximate surface area is 137 Å². The summed E-state index contributed by atoms with van der Waals surface area (Å²) in [5.74, 6) is -1.28. The molecule has 6 heteroatoms. The molecule has 3 aromatic rings. The van der Waals surface area contributed by atoms with E-state index in [1.165, 1.54) is 14.2 Å². The number of nitrogens with one attached hydrogen (secondary N) is 1. The maximum Gasteiger partial charge on any atom is 0.266 e. The second-order valence-corrected chi connectivity index (χ2v) is 5.14. The van der Waals surface area contributed by atoms with Crippen LogP contribution in [0.4, 0.5) is 0 Å². The number of aromatic amines is 1. The van der Waals surface area contributed by atoms with Crippen LogP contribution in [0.25, 0.3) is 10.8 Å². The van der Waals surface area contributed by atoms with E-state index in [2.05, 4.69) is 4.98 Å². The van der Waals surface area contributed by atoms with E-state index in [1.54, 1.807) is 18.2 Å². The van der Waals surface area contributed by atoms with Gasteiger partial charge in [-0.15, -0.1) is 0 Å². The summed E-state index contributed by atoms with van der Waals surface area (Å²) < 4.78 is 9.97. The molecule has 2 N–H and O–H groups in total. The first kappa shape index (κ1) is 15.6. The molecule has 0 saturated carbocycles. The van der Waals surface area contributed by atoms with Crippen LogP contribution in [0.15, 0.2) is 47.3 Å². The average molecular weight is 325 g/mol. The zero-order chi connectivity index (χ0) is 17.3. The molecule has 0 bridgehead atoms. The fraction of sp³-hybridized carbons (Fsp3) is 0.111. The summed E-state index contributed by atoms with van der Waals surface area (Å²) in [7, 11) is 2.62. The summed E-state index contributed by atoms with van der Waals surface area (Å²) in [5, 5.41) is 12.1. The van der Waals surface area contributed by atoms with E-state index in [9.17, 15) is 14.7 Å². The van der Waals surface area contributed by atoms with Crippen LogP contribution in [0.1, 0.15) is 15.9 Å². The Morgan fingerprint density at radius 2 is 1.75 bits per heavy atom. The number of aromatic nitrogens is 1. The maximum absolute atomic E-state index is 12.7. The van der Waals surface area contributed by atoms with Crippen LogP contribution in [0.3, 0.4) is 0 Å². The molecule has 0 amide bonds. The standard InChI is InChI=1S/C18H15NO5/c1-23-16-15(21)13(17(22)19-18(16)24-2)14(20)12-8-7-10-5-3-4-6-11(10)9-12/h3-9H,1-2H3,(H2,19,21,22). The van der Waals surface area contributed by atoms with E-state index >= 15 is 0 Å². The van der Waals surface area contributed by atoms with Crippen LogP contribution in [0.5, 0.6) is 17.4 Å². The number of methoxy groups -OCH3 is 2. The molecule has 3 rings (SSSR count). The number of carbonyl (C=O) groups excluding carboxylic acids is 1. The zero-order valence-corrected chi connectivity index (χ0v) is 13.1. The number of hydrogen-bond donors (Lipinski definition) is 2. The third kappa shape index (κ3) is 2.48. The van der Waals surface area contributed by atoms with Gasteiger partial charge in [-0.3, -0.25) is 14.6 Å². The van der Waals surface area contributed by atoms with Gasteiger partial charge in [0.05, 0.1) is 14.2 Å². The fourth-order valence-corrected chi connectivity index (χ4v) is 2.57. The van der Waals surface area contributed by atoms with Crippen LogP contribution < -0.4 is 15.0 Å². The van der Waals surface area contributed by atoms with Crippen molar-refractivity contribution in [2.24, 2.45) is 0 Å². The number of benzene rings is 2. The monoisotopic (exact) mass is 325 g/mol. The van der Waals surface area contributed by atoms with E-state index < -0.39 is 17.1 Å². The van der Waals surface area contributed by atoms with Crippen LogP contribution in [-0.4, -0.2) is 30.1 Å². The summed E-state index contributed by atoms with van der Waals surface area (Å²) in [6, 6.07) is 12.6. The van der Waals surface area contributed by atoms with Gasteiger partial charge in [0.15, 0.2) is 5.75 Å². The van der Waals surface area contributed by atoms with Crippen molar-refractivity contribution in [2.45, 2.75) is 0 Å². The van der Waals surface area contributed by atoms with Crippen LogP contribution in [-0.2, 0) is 0 Å². The van der Waals surface area contributed by atoms with Gasteiger partial charge >= 0.3 is 0 Å². The largest absolute Gasteiger partial charge is 0.503 e. The van der Waals surface area contributed by atoms with Crippen molar-refractivity contribution in [2.75, 3.05) is 14.2 Å². The molecule has 0 aliphatic carbocycles. The van der Waals surface area contributed by atoms with Crippen LogP contribution in [0, 0.1) is 0 Å². The topological polar surface area (TPSA) is 88.6 Å². The predicted molar refractivity (Wildman–Crippen MR) is 89.2 cm³/mol. The molecule has 24 heavy (non-hydrogen) atoms. The van der Waals surface area contributed by atoms with E-state index in [4.69, 9.17) is 9.47 Å². The highest BCUT2D eigenvalue weighted by atomic mass is 16.5. The Hall–Kier alpha value is -3.28. The predicted octanol–water partition coefficient (Wildman–Crippen LogP) is 2.48. The lowest BCUT2D eigenvalue weighted by atomic mass is 10.00. The lowest BCUT2D eigenvalue weighted by molar-refractivity contribution is 0.103. The van der Waals surface area contributed by atoms with Gasteiger partial charge in [0.1, 0.15) is 5.56 Å². The average Bonchev–Trinajstić information content (AvgIpc) is 2.60. The summed E-state index contributed by atoms with van der Waals surface area (Å²) >= 11 is 0. The Morgan fingerprint density at radius 1 is 1.04 bits per heavy atom. The van der Waals surface area contributed by atoms with Gasteiger partial charge in [-0.2, -0.15) is 0 Å². The SMILES string of the molecule is COc1[nH]c(=O)c(C(=O)c2ccc3ccccc3c2)c(O)c1OC. The van der Waals surface area contributed by atoms with Gasteiger partial charge < -0.3 is 14.6 Å². The van der Waals surface area contributed by atoms with Crippen molar-refractivity contribution in [1.82, 2.24) is 4.98 Å². The molecule has 6 nitrogen and oxygen atoms in total. The molecule has 0 saturated heterocycles. The number of H-pyrrole nitrogens is 1. The van der Waals surface area contributed by atoms with Crippen LogP contribution in [0.2, 0.25) is 0 Å². The zero-order valence-electron chi connectivity index (χ0n) is 13.1. The Morgan fingerprint density at radius 3 is 2.42 bits per heavy atom. The Balaban J connectivity index is 2.17. The number of hydrogen-bond acceptors (Lipinski definition) is 5. The van der Waals surface area contributed by atoms with Gasteiger partial charge in [0, 0.05) is 5.56 Å². The minimum Gasteiger partial charge on any atom is -0.503 e. The second kappa shape index (κ2) is 6.08. The highest BCUT2D eigenvalue weighted by Crippen LogP contribution is 2.36. The minimum atomic E-state index is -0.747. The van der Waals surface area contributed by atoms with E-state index in [1.807, 2.05) is 24.3 Å². The summed E-state index contributed by atoms with van der Waals surface area (Å²) in [6.45, 7) is 0. The molecule has 0 atom stereocenters. The Kier molecular flexibility index (Phi) is 3.95. The van der Waals surface area contributed by atoms with Crippen molar-refractivity contribution < 1.29 is 19.4 Å². The number of pyridine rings is 1. The molecule has 1 heterocycles. The van der Waals surface area contributed by atoms with Crippen molar-refractivity contribution in [3.63, 3.8) is 0 Å².